The molecule has 0 radical (unpaired) electrons. The van der Waals surface area contributed by atoms with Gasteiger partial charge in [-0.2, -0.15) is 13.2 Å². The van der Waals surface area contributed by atoms with E-state index < -0.39 is 23.7 Å². The summed E-state index contributed by atoms with van der Waals surface area (Å²) >= 11 is 0. The van der Waals surface area contributed by atoms with Crippen molar-refractivity contribution in [1.82, 2.24) is 0 Å². The molecule has 0 fully saturated rings. The minimum Gasteiger partial charge on any atom is -0.486 e. The normalized spacial score (nSPS) is 18.7. The lowest BCUT2D eigenvalue weighted by atomic mass is 10.2. The van der Waals surface area contributed by atoms with Crippen LogP contribution in [-0.4, -0.2) is 30.3 Å². The molecule has 0 N–H and O–H groups in total. The van der Waals surface area contributed by atoms with Crippen LogP contribution in [0, 0.1) is 10.1 Å². The number of nitrogens with zero attached hydrogens (tertiary/aromatic N) is 2. The van der Waals surface area contributed by atoms with Crippen LogP contribution in [0.15, 0.2) is 18.2 Å². The van der Waals surface area contributed by atoms with E-state index in [9.17, 15) is 23.3 Å². The van der Waals surface area contributed by atoms with Gasteiger partial charge in [-0.1, -0.05) is 0 Å². The van der Waals surface area contributed by atoms with Gasteiger partial charge in [-0.15, -0.1) is 0 Å². The molecule has 1 aliphatic heterocycles. The summed E-state index contributed by atoms with van der Waals surface area (Å²) in [6, 6.07) is 3.60. The third-order valence-electron chi connectivity index (χ3n) is 2.67. The molecule has 1 unspecified atom stereocenters. The molecule has 0 saturated carbocycles. The first kappa shape index (κ1) is 13.4. The van der Waals surface area contributed by atoms with Crippen LogP contribution in [0.3, 0.4) is 0 Å². The Morgan fingerprint density at radius 2 is 2.21 bits per heavy atom. The average Bonchev–Trinajstić information content (AvgIpc) is 2.25. The molecule has 19 heavy (non-hydrogen) atoms. The van der Waals surface area contributed by atoms with E-state index in [-0.39, 0.29) is 23.7 Å². The number of non-ortho nitro benzene ring substituents is 1. The second kappa shape index (κ2) is 4.60. The van der Waals surface area contributed by atoms with Crippen LogP contribution in [0.2, 0.25) is 0 Å². The predicted molar refractivity (Wildman–Crippen MR) is 61.5 cm³/mol. The Labute approximate surface area is 106 Å². The predicted octanol–water partition coefficient (Wildman–Crippen LogP) is 2.74. The van der Waals surface area contributed by atoms with Gasteiger partial charge >= 0.3 is 6.18 Å². The average molecular weight is 276 g/mol. The number of halogens is 3. The van der Waals surface area contributed by atoms with Gasteiger partial charge in [-0.25, -0.2) is 0 Å². The molecule has 1 atom stereocenters. The Hall–Kier alpha value is -1.99. The zero-order valence-electron chi connectivity index (χ0n) is 9.98. The minimum atomic E-state index is -4.34. The molecule has 1 heterocycles. The summed E-state index contributed by atoms with van der Waals surface area (Å²) in [5.74, 6) is 0.109. The maximum Gasteiger partial charge on any atom is 0.405 e. The highest BCUT2D eigenvalue weighted by atomic mass is 19.4. The van der Waals surface area contributed by atoms with Crippen LogP contribution in [0.1, 0.15) is 6.92 Å². The maximum absolute atomic E-state index is 12.5. The first-order chi connectivity index (χ1) is 8.76. The van der Waals surface area contributed by atoms with Crippen molar-refractivity contribution in [2.75, 3.05) is 18.0 Å². The van der Waals surface area contributed by atoms with Gasteiger partial charge in [0.1, 0.15) is 18.4 Å². The maximum atomic E-state index is 12.5. The third kappa shape index (κ3) is 3.07. The molecule has 0 aliphatic carbocycles. The van der Waals surface area contributed by atoms with E-state index >= 15 is 0 Å². The molecule has 0 saturated heterocycles. The molecule has 104 valence electrons. The van der Waals surface area contributed by atoms with E-state index in [1.54, 1.807) is 6.92 Å². The lowest BCUT2D eigenvalue weighted by Gasteiger charge is -2.35. The molecule has 0 spiro atoms. The first-order valence-corrected chi connectivity index (χ1v) is 5.53. The van der Waals surface area contributed by atoms with Gasteiger partial charge in [0.05, 0.1) is 23.2 Å². The Morgan fingerprint density at radius 1 is 1.53 bits per heavy atom. The van der Waals surface area contributed by atoms with Gasteiger partial charge in [0, 0.05) is 6.07 Å². The number of ether oxygens (including phenoxy) is 1. The Kier molecular flexibility index (Phi) is 3.25. The van der Waals surface area contributed by atoms with E-state index in [1.807, 2.05) is 0 Å². The number of benzene rings is 1. The summed E-state index contributed by atoms with van der Waals surface area (Å²) in [6.07, 6.45) is -4.80. The molecule has 0 aromatic heterocycles. The van der Waals surface area contributed by atoms with Gasteiger partial charge in [-0.3, -0.25) is 10.1 Å². The van der Waals surface area contributed by atoms with E-state index in [4.69, 9.17) is 4.74 Å². The number of alkyl halides is 3. The third-order valence-corrected chi connectivity index (χ3v) is 2.67. The molecule has 1 aromatic carbocycles. The number of rotatable bonds is 2. The van der Waals surface area contributed by atoms with Crippen molar-refractivity contribution >= 4 is 11.4 Å². The SMILES string of the molecule is CC1CN(CC(F)(F)F)c2ccc([N+](=O)[O-])cc2O1. The number of nitro groups is 1. The van der Waals surface area contributed by atoms with Crippen molar-refractivity contribution in [2.45, 2.75) is 19.2 Å². The summed E-state index contributed by atoms with van der Waals surface area (Å²) < 4.78 is 42.8. The van der Waals surface area contributed by atoms with Crippen molar-refractivity contribution in [3.63, 3.8) is 0 Å². The van der Waals surface area contributed by atoms with E-state index in [2.05, 4.69) is 0 Å². The fourth-order valence-corrected chi connectivity index (χ4v) is 2.00. The van der Waals surface area contributed by atoms with Crippen molar-refractivity contribution in [3.8, 4) is 5.75 Å². The van der Waals surface area contributed by atoms with Crippen molar-refractivity contribution in [1.29, 1.82) is 0 Å². The Balaban J connectivity index is 2.35. The smallest absolute Gasteiger partial charge is 0.405 e. The van der Waals surface area contributed by atoms with Gasteiger partial charge in [0.25, 0.3) is 5.69 Å². The highest BCUT2D eigenvalue weighted by molar-refractivity contribution is 5.64. The zero-order valence-corrected chi connectivity index (χ0v) is 9.98. The molecular weight excluding hydrogens is 265 g/mol. The Morgan fingerprint density at radius 3 is 2.79 bits per heavy atom. The molecule has 1 aromatic rings. The second-order valence-corrected chi connectivity index (χ2v) is 4.33. The molecule has 8 heteroatoms. The number of fused-ring (bicyclic) bond motifs is 1. The van der Waals surface area contributed by atoms with Gasteiger partial charge in [0.15, 0.2) is 0 Å². The van der Waals surface area contributed by atoms with Crippen molar-refractivity contribution in [2.24, 2.45) is 0 Å². The summed E-state index contributed by atoms with van der Waals surface area (Å²) in [5, 5.41) is 10.6. The number of nitro benzene ring substituents is 1. The first-order valence-electron chi connectivity index (χ1n) is 5.53. The second-order valence-electron chi connectivity index (χ2n) is 4.33. The molecule has 0 amide bonds. The molecule has 5 nitrogen and oxygen atoms in total. The Bertz CT molecular complexity index is 504. The molecular formula is C11H11F3N2O3. The summed E-state index contributed by atoms with van der Waals surface area (Å²) in [5.41, 5.74) is 0.0147. The number of anilines is 1. The number of hydrogen-bond donors (Lipinski definition) is 0. The largest absolute Gasteiger partial charge is 0.486 e. The highest BCUT2D eigenvalue weighted by Crippen LogP contribution is 2.37. The van der Waals surface area contributed by atoms with Crippen LogP contribution in [0.5, 0.6) is 5.75 Å². The highest BCUT2D eigenvalue weighted by Gasteiger charge is 2.35. The van der Waals surface area contributed by atoms with Gasteiger partial charge in [-0.05, 0) is 13.0 Å². The molecule has 1 aliphatic rings. The lowest BCUT2D eigenvalue weighted by Crippen LogP contribution is -2.43. The molecule has 0 bridgehead atoms. The monoisotopic (exact) mass is 276 g/mol. The van der Waals surface area contributed by atoms with Gasteiger partial charge < -0.3 is 9.64 Å². The van der Waals surface area contributed by atoms with E-state index in [0.717, 1.165) is 11.0 Å². The summed E-state index contributed by atoms with van der Waals surface area (Å²) in [7, 11) is 0. The van der Waals surface area contributed by atoms with Crippen LogP contribution in [0.4, 0.5) is 24.5 Å². The van der Waals surface area contributed by atoms with Crippen LogP contribution >= 0.6 is 0 Å². The minimum absolute atomic E-state index is 0.0876. The summed E-state index contributed by atoms with van der Waals surface area (Å²) in [6.45, 7) is 0.598. The zero-order chi connectivity index (χ0) is 14.2. The van der Waals surface area contributed by atoms with E-state index in [0.29, 0.717) is 0 Å². The fraction of sp³-hybridized carbons (Fsp3) is 0.455. The van der Waals surface area contributed by atoms with E-state index in [1.165, 1.54) is 12.1 Å². The quantitative estimate of drug-likeness (QED) is 0.615. The molecule has 2 rings (SSSR count). The summed E-state index contributed by atoms with van der Waals surface area (Å²) in [4.78, 5) is 11.1. The fourth-order valence-electron chi connectivity index (χ4n) is 2.00. The number of hydrogen-bond acceptors (Lipinski definition) is 4. The van der Waals surface area contributed by atoms with Crippen LogP contribution < -0.4 is 9.64 Å². The lowest BCUT2D eigenvalue weighted by molar-refractivity contribution is -0.384. The van der Waals surface area contributed by atoms with Gasteiger partial charge in [0.2, 0.25) is 0 Å². The van der Waals surface area contributed by atoms with Crippen molar-refractivity contribution in [3.05, 3.63) is 28.3 Å². The van der Waals surface area contributed by atoms with Crippen molar-refractivity contribution < 1.29 is 22.8 Å². The topological polar surface area (TPSA) is 55.6 Å². The standard InChI is InChI=1S/C11H11F3N2O3/c1-7-5-15(6-11(12,13)14)9-3-2-8(16(17)18)4-10(9)19-7/h2-4,7H,5-6H2,1H3. The van der Waals surface area contributed by atoms with Crippen LogP contribution in [-0.2, 0) is 0 Å². The van der Waals surface area contributed by atoms with Crippen LogP contribution in [0.25, 0.3) is 0 Å².